The predicted molar refractivity (Wildman–Crippen MR) is 97.0 cm³/mol. The van der Waals surface area contributed by atoms with Crippen molar-refractivity contribution >= 4 is 26.0 Å². The maximum Gasteiger partial charge on any atom is 0.244 e. The van der Waals surface area contributed by atoms with Crippen LogP contribution in [0.2, 0.25) is 0 Å². The molecule has 1 atom stereocenters. The Morgan fingerprint density at radius 2 is 1.96 bits per heavy atom. The van der Waals surface area contributed by atoms with Crippen LogP contribution in [0.3, 0.4) is 0 Å². The van der Waals surface area contributed by atoms with Crippen LogP contribution in [0.4, 0.5) is 0 Å². The van der Waals surface area contributed by atoms with Gasteiger partial charge in [-0.3, -0.25) is 0 Å². The molecule has 2 aromatic rings. The van der Waals surface area contributed by atoms with Gasteiger partial charge in [0.1, 0.15) is 28.8 Å². The van der Waals surface area contributed by atoms with Crippen LogP contribution in [0, 0.1) is 0 Å². The van der Waals surface area contributed by atoms with Crippen molar-refractivity contribution in [3.05, 3.63) is 46.4 Å². The molecule has 25 heavy (non-hydrogen) atoms. The SMILES string of the molecule is COc1ccc(OC)c(S(=O)(=O)N[C@@H]2COc3ccc(Br)cc3C2)c1. The largest absolute Gasteiger partial charge is 0.497 e. The van der Waals surface area contributed by atoms with Crippen molar-refractivity contribution < 1.29 is 22.6 Å². The van der Waals surface area contributed by atoms with Crippen molar-refractivity contribution in [2.75, 3.05) is 20.8 Å². The average Bonchev–Trinajstić information content (AvgIpc) is 2.60. The first kappa shape index (κ1) is 18.0. The van der Waals surface area contributed by atoms with Gasteiger partial charge in [0.2, 0.25) is 10.0 Å². The van der Waals surface area contributed by atoms with Crippen molar-refractivity contribution in [2.24, 2.45) is 0 Å². The van der Waals surface area contributed by atoms with Gasteiger partial charge in [-0.2, -0.15) is 0 Å². The first-order valence-electron chi connectivity index (χ1n) is 7.58. The molecule has 0 amide bonds. The monoisotopic (exact) mass is 427 g/mol. The van der Waals surface area contributed by atoms with E-state index in [2.05, 4.69) is 20.7 Å². The minimum atomic E-state index is -3.79. The summed E-state index contributed by atoms with van der Waals surface area (Å²) in [6, 6.07) is 9.98. The molecule has 0 unspecified atom stereocenters. The topological polar surface area (TPSA) is 73.9 Å². The molecule has 6 nitrogen and oxygen atoms in total. The number of fused-ring (bicyclic) bond motifs is 1. The number of ether oxygens (including phenoxy) is 3. The van der Waals surface area contributed by atoms with Crippen LogP contribution in [-0.2, 0) is 16.4 Å². The van der Waals surface area contributed by atoms with Crippen LogP contribution in [0.1, 0.15) is 5.56 Å². The molecule has 0 bridgehead atoms. The number of rotatable bonds is 5. The molecule has 0 radical (unpaired) electrons. The van der Waals surface area contributed by atoms with E-state index in [1.165, 1.54) is 20.3 Å². The standard InChI is InChI=1S/C17H18BrNO5S/c1-22-14-4-6-16(23-2)17(9-14)25(20,21)19-13-8-11-7-12(18)3-5-15(11)24-10-13/h3-7,9,13,19H,8,10H2,1-2H3/t13-/m0/s1. The summed E-state index contributed by atoms with van der Waals surface area (Å²) in [6.07, 6.45) is 0.542. The Bertz CT molecular complexity index is 885. The Morgan fingerprint density at radius 1 is 1.16 bits per heavy atom. The fraction of sp³-hybridized carbons (Fsp3) is 0.294. The van der Waals surface area contributed by atoms with Gasteiger partial charge in [-0.05, 0) is 42.3 Å². The van der Waals surface area contributed by atoms with E-state index in [0.29, 0.717) is 12.2 Å². The highest BCUT2D eigenvalue weighted by Gasteiger charge is 2.28. The predicted octanol–water partition coefficient (Wildman–Crippen LogP) is 2.75. The second-order valence-electron chi connectivity index (χ2n) is 5.60. The molecule has 2 aromatic carbocycles. The zero-order valence-corrected chi connectivity index (χ0v) is 16.2. The van der Waals surface area contributed by atoms with Gasteiger partial charge in [-0.15, -0.1) is 0 Å². The fourth-order valence-electron chi connectivity index (χ4n) is 2.72. The van der Waals surface area contributed by atoms with Crippen molar-refractivity contribution in [3.8, 4) is 17.2 Å². The average molecular weight is 428 g/mol. The lowest BCUT2D eigenvalue weighted by Crippen LogP contribution is -2.42. The molecule has 1 heterocycles. The van der Waals surface area contributed by atoms with E-state index >= 15 is 0 Å². The molecule has 0 saturated carbocycles. The lowest BCUT2D eigenvalue weighted by Gasteiger charge is -2.26. The van der Waals surface area contributed by atoms with E-state index < -0.39 is 10.0 Å². The van der Waals surface area contributed by atoms with Gasteiger partial charge in [-0.1, -0.05) is 15.9 Å². The molecule has 3 rings (SSSR count). The van der Waals surface area contributed by atoms with E-state index in [9.17, 15) is 8.42 Å². The number of hydrogen-bond acceptors (Lipinski definition) is 5. The van der Waals surface area contributed by atoms with E-state index in [1.807, 2.05) is 18.2 Å². The lowest BCUT2D eigenvalue weighted by atomic mass is 10.0. The fourth-order valence-corrected chi connectivity index (χ4v) is 4.53. The first-order valence-corrected chi connectivity index (χ1v) is 9.86. The first-order chi connectivity index (χ1) is 11.9. The maximum atomic E-state index is 12.8. The Morgan fingerprint density at radius 3 is 2.68 bits per heavy atom. The number of nitrogens with one attached hydrogen (secondary N) is 1. The Balaban J connectivity index is 1.85. The van der Waals surface area contributed by atoms with Crippen molar-refractivity contribution in [1.29, 1.82) is 0 Å². The highest BCUT2D eigenvalue weighted by Crippen LogP contribution is 2.31. The van der Waals surface area contributed by atoms with Crippen LogP contribution in [0.15, 0.2) is 45.8 Å². The second-order valence-corrected chi connectivity index (χ2v) is 8.20. The van der Waals surface area contributed by atoms with E-state index in [-0.39, 0.29) is 23.3 Å². The van der Waals surface area contributed by atoms with Crippen molar-refractivity contribution in [2.45, 2.75) is 17.4 Å². The molecule has 0 aliphatic carbocycles. The minimum Gasteiger partial charge on any atom is -0.497 e. The highest BCUT2D eigenvalue weighted by atomic mass is 79.9. The summed E-state index contributed by atoms with van der Waals surface area (Å²) < 4.78 is 45.2. The molecule has 0 spiro atoms. The van der Waals surface area contributed by atoms with Crippen molar-refractivity contribution in [1.82, 2.24) is 4.72 Å². The van der Waals surface area contributed by atoms with Crippen LogP contribution >= 0.6 is 15.9 Å². The molecule has 0 aromatic heterocycles. The third kappa shape index (κ3) is 3.91. The molecule has 1 aliphatic rings. The molecule has 8 heteroatoms. The molecule has 0 saturated heterocycles. The van der Waals surface area contributed by atoms with Crippen LogP contribution in [-0.4, -0.2) is 35.3 Å². The highest BCUT2D eigenvalue weighted by molar-refractivity contribution is 9.10. The number of methoxy groups -OCH3 is 2. The lowest BCUT2D eigenvalue weighted by molar-refractivity contribution is 0.253. The number of benzene rings is 2. The third-order valence-electron chi connectivity index (χ3n) is 3.91. The number of halogens is 1. The summed E-state index contributed by atoms with van der Waals surface area (Å²) in [5.74, 6) is 1.47. The van der Waals surface area contributed by atoms with Gasteiger partial charge in [0.25, 0.3) is 0 Å². The molecular formula is C17H18BrNO5S. The maximum absolute atomic E-state index is 12.8. The normalized spacial score (nSPS) is 16.7. The van der Waals surface area contributed by atoms with Crippen LogP contribution in [0.25, 0.3) is 0 Å². The Hall–Kier alpha value is -1.77. The molecule has 134 valence electrons. The zero-order valence-electron chi connectivity index (χ0n) is 13.8. The number of sulfonamides is 1. The van der Waals surface area contributed by atoms with Gasteiger partial charge < -0.3 is 14.2 Å². The molecular weight excluding hydrogens is 410 g/mol. The van der Waals surface area contributed by atoms with E-state index in [4.69, 9.17) is 14.2 Å². The van der Waals surface area contributed by atoms with E-state index in [0.717, 1.165) is 15.8 Å². The minimum absolute atomic E-state index is 0.0365. The van der Waals surface area contributed by atoms with Crippen LogP contribution < -0.4 is 18.9 Å². The van der Waals surface area contributed by atoms with E-state index in [1.54, 1.807) is 12.1 Å². The molecule has 0 fully saturated rings. The summed E-state index contributed by atoms with van der Waals surface area (Å²) >= 11 is 3.42. The number of hydrogen-bond donors (Lipinski definition) is 1. The quantitative estimate of drug-likeness (QED) is 0.793. The smallest absolute Gasteiger partial charge is 0.244 e. The summed E-state index contributed by atoms with van der Waals surface area (Å²) in [5, 5.41) is 0. The second kappa shape index (κ2) is 7.23. The summed E-state index contributed by atoms with van der Waals surface area (Å²) in [4.78, 5) is 0.0365. The Labute approximate surface area is 155 Å². The molecule has 1 N–H and O–H groups in total. The van der Waals surface area contributed by atoms with Gasteiger partial charge in [0, 0.05) is 10.5 Å². The van der Waals surface area contributed by atoms with Gasteiger partial charge >= 0.3 is 0 Å². The van der Waals surface area contributed by atoms with Crippen LogP contribution in [0.5, 0.6) is 17.2 Å². The van der Waals surface area contributed by atoms with Gasteiger partial charge in [0.05, 0.1) is 20.3 Å². The van der Waals surface area contributed by atoms with Crippen molar-refractivity contribution in [3.63, 3.8) is 0 Å². The zero-order chi connectivity index (χ0) is 18.0. The third-order valence-corrected chi connectivity index (χ3v) is 5.95. The summed E-state index contributed by atoms with van der Waals surface area (Å²) in [5.41, 5.74) is 0.950. The summed E-state index contributed by atoms with van der Waals surface area (Å²) in [6.45, 7) is 0.264. The Kier molecular flexibility index (Phi) is 5.21. The summed E-state index contributed by atoms with van der Waals surface area (Å²) in [7, 11) is -0.884. The van der Waals surface area contributed by atoms with Gasteiger partial charge in [-0.25, -0.2) is 13.1 Å². The van der Waals surface area contributed by atoms with Gasteiger partial charge in [0.15, 0.2) is 0 Å². The molecule has 1 aliphatic heterocycles.